The van der Waals surface area contributed by atoms with Crippen LogP contribution in [-0.2, 0) is 4.84 Å². The van der Waals surface area contributed by atoms with E-state index in [0.717, 1.165) is 12.0 Å². The zero-order valence-electron chi connectivity index (χ0n) is 13.4. The lowest BCUT2D eigenvalue weighted by Gasteiger charge is -2.25. The summed E-state index contributed by atoms with van der Waals surface area (Å²) in [5, 5.41) is 3.71. The number of benzene rings is 1. The molecule has 1 aliphatic rings. The van der Waals surface area contributed by atoms with Crippen LogP contribution in [0.4, 0.5) is 4.79 Å². The van der Waals surface area contributed by atoms with Crippen LogP contribution in [0.5, 0.6) is 17.2 Å². The fraction of sp³-hybridized carbons (Fsp3) is 0.375. The first-order chi connectivity index (χ1) is 11.2. The van der Waals surface area contributed by atoms with Gasteiger partial charge < -0.3 is 23.9 Å². The molecule has 0 spiro atoms. The molecule has 2 rings (SSSR count). The summed E-state index contributed by atoms with van der Waals surface area (Å²) in [6.07, 6.45) is 3.93. The van der Waals surface area contributed by atoms with E-state index in [1.165, 1.54) is 14.2 Å². The summed E-state index contributed by atoms with van der Waals surface area (Å²) in [6, 6.07) is 4.96. The van der Waals surface area contributed by atoms with Gasteiger partial charge in [0.05, 0.1) is 27.0 Å². The average molecular weight is 320 g/mol. The Morgan fingerprint density at radius 3 is 2.70 bits per heavy atom. The summed E-state index contributed by atoms with van der Waals surface area (Å²) >= 11 is 0. The van der Waals surface area contributed by atoms with Crippen LogP contribution in [0.15, 0.2) is 35.0 Å². The second-order valence-corrected chi connectivity index (χ2v) is 4.79. The molecule has 0 atom stereocenters. The van der Waals surface area contributed by atoms with Crippen molar-refractivity contribution < 1.29 is 23.8 Å². The second-order valence-electron chi connectivity index (χ2n) is 4.79. The van der Waals surface area contributed by atoms with E-state index in [-0.39, 0.29) is 0 Å². The Bertz CT molecular complexity index is 612. The summed E-state index contributed by atoms with van der Waals surface area (Å²) in [7, 11) is 4.55. The number of amides is 1. The Morgan fingerprint density at radius 1 is 1.22 bits per heavy atom. The number of carbonyl (C=O) groups is 1. The maximum Gasteiger partial charge on any atom is 0.415 e. The standard InChI is InChI=1S/C16H20N2O5/c1-20-14-7-6-13(9-15(14)21-2)23-16(19)18-8-4-5-12(11-18)10-17-22-3/h5-7,9-10H,4,8,11H2,1-3H3/b17-10+. The van der Waals surface area contributed by atoms with Gasteiger partial charge in [-0.2, -0.15) is 0 Å². The van der Waals surface area contributed by atoms with Crippen molar-refractivity contribution in [3.8, 4) is 17.2 Å². The topological polar surface area (TPSA) is 69.6 Å². The molecule has 7 nitrogen and oxygen atoms in total. The van der Waals surface area contributed by atoms with E-state index < -0.39 is 6.09 Å². The molecular weight excluding hydrogens is 300 g/mol. The van der Waals surface area contributed by atoms with E-state index in [1.54, 1.807) is 36.4 Å². The molecule has 0 bridgehead atoms. The molecule has 1 aromatic carbocycles. The lowest BCUT2D eigenvalue weighted by Crippen LogP contribution is -2.38. The largest absolute Gasteiger partial charge is 0.493 e. The fourth-order valence-corrected chi connectivity index (χ4v) is 2.18. The van der Waals surface area contributed by atoms with Gasteiger partial charge in [-0.3, -0.25) is 0 Å². The summed E-state index contributed by atoms with van der Waals surface area (Å²) in [5.74, 6) is 1.48. The normalized spacial score (nSPS) is 14.4. The number of oxime groups is 1. The third-order valence-electron chi connectivity index (χ3n) is 3.32. The fourth-order valence-electron chi connectivity index (χ4n) is 2.18. The Kier molecular flexibility index (Phi) is 5.85. The third kappa shape index (κ3) is 4.38. The van der Waals surface area contributed by atoms with Crippen LogP contribution >= 0.6 is 0 Å². The minimum Gasteiger partial charge on any atom is -0.493 e. The summed E-state index contributed by atoms with van der Waals surface area (Å²) < 4.78 is 15.7. The van der Waals surface area contributed by atoms with Gasteiger partial charge in [-0.15, -0.1) is 0 Å². The summed E-state index contributed by atoms with van der Waals surface area (Å²) in [6.45, 7) is 1.02. The molecule has 1 heterocycles. The molecule has 0 saturated carbocycles. The van der Waals surface area contributed by atoms with Gasteiger partial charge >= 0.3 is 6.09 Å². The van der Waals surface area contributed by atoms with Crippen LogP contribution < -0.4 is 14.2 Å². The lowest BCUT2D eigenvalue weighted by molar-refractivity contribution is 0.155. The van der Waals surface area contributed by atoms with Gasteiger partial charge in [-0.25, -0.2) is 4.79 Å². The molecule has 0 aliphatic carbocycles. The SMILES string of the molecule is CO/N=C/C1=CCCN(C(=O)Oc2ccc(OC)c(OC)c2)C1. The number of carbonyl (C=O) groups excluding carboxylic acids is 1. The second kappa shape index (κ2) is 8.07. The minimum absolute atomic E-state index is 0.398. The molecule has 0 fully saturated rings. The molecule has 124 valence electrons. The van der Waals surface area contributed by atoms with E-state index in [1.807, 2.05) is 6.08 Å². The Morgan fingerprint density at radius 2 is 2.00 bits per heavy atom. The van der Waals surface area contributed by atoms with Crippen molar-refractivity contribution in [2.75, 3.05) is 34.4 Å². The molecule has 23 heavy (non-hydrogen) atoms. The monoisotopic (exact) mass is 320 g/mol. The molecule has 1 amide bonds. The van der Waals surface area contributed by atoms with Crippen molar-refractivity contribution >= 4 is 12.3 Å². The van der Waals surface area contributed by atoms with E-state index >= 15 is 0 Å². The highest BCUT2D eigenvalue weighted by Gasteiger charge is 2.20. The first-order valence-corrected chi connectivity index (χ1v) is 7.12. The molecule has 1 aromatic rings. The van der Waals surface area contributed by atoms with Crippen LogP contribution in [0.1, 0.15) is 6.42 Å². The number of rotatable bonds is 5. The van der Waals surface area contributed by atoms with Crippen molar-refractivity contribution in [2.24, 2.45) is 5.16 Å². The van der Waals surface area contributed by atoms with Crippen molar-refractivity contribution in [1.29, 1.82) is 0 Å². The van der Waals surface area contributed by atoms with Gasteiger partial charge in [0.15, 0.2) is 11.5 Å². The highest BCUT2D eigenvalue weighted by molar-refractivity contribution is 5.81. The molecule has 0 aromatic heterocycles. The van der Waals surface area contributed by atoms with Gasteiger partial charge in [-0.1, -0.05) is 11.2 Å². The smallest absolute Gasteiger partial charge is 0.415 e. The molecule has 0 N–H and O–H groups in total. The maximum atomic E-state index is 12.3. The van der Waals surface area contributed by atoms with Crippen LogP contribution in [0, 0.1) is 0 Å². The van der Waals surface area contributed by atoms with Gasteiger partial charge in [-0.05, 0) is 24.1 Å². The van der Waals surface area contributed by atoms with Crippen molar-refractivity contribution in [3.05, 3.63) is 29.8 Å². The van der Waals surface area contributed by atoms with E-state index in [4.69, 9.17) is 14.2 Å². The number of methoxy groups -OCH3 is 2. The van der Waals surface area contributed by atoms with Crippen LogP contribution in [0.25, 0.3) is 0 Å². The molecule has 1 aliphatic heterocycles. The average Bonchev–Trinajstić information content (AvgIpc) is 2.60. The Balaban J connectivity index is 2.02. The first-order valence-electron chi connectivity index (χ1n) is 7.12. The molecule has 0 unspecified atom stereocenters. The van der Waals surface area contributed by atoms with Crippen molar-refractivity contribution in [1.82, 2.24) is 4.90 Å². The van der Waals surface area contributed by atoms with Gasteiger partial charge in [0, 0.05) is 12.6 Å². The lowest BCUT2D eigenvalue weighted by atomic mass is 10.1. The van der Waals surface area contributed by atoms with Gasteiger partial charge in [0.1, 0.15) is 12.9 Å². The maximum absolute atomic E-state index is 12.3. The van der Waals surface area contributed by atoms with Crippen LogP contribution in [0.3, 0.4) is 0 Å². The number of ether oxygens (including phenoxy) is 3. The van der Waals surface area contributed by atoms with Crippen LogP contribution in [-0.4, -0.2) is 51.6 Å². The van der Waals surface area contributed by atoms with Crippen molar-refractivity contribution in [3.63, 3.8) is 0 Å². The van der Waals surface area contributed by atoms with E-state index in [0.29, 0.717) is 30.3 Å². The molecule has 0 radical (unpaired) electrons. The number of hydrogen-bond donors (Lipinski definition) is 0. The van der Waals surface area contributed by atoms with Crippen LogP contribution in [0.2, 0.25) is 0 Å². The van der Waals surface area contributed by atoms with E-state index in [9.17, 15) is 4.79 Å². The molecule has 7 heteroatoms. The minimum atomic E-state index is -0.423. The highest BCUT2D eigenvalue weighted by atomic mass is 16.6. The zero-order chi connectivity index (χ0) is 16.7. The highest BCUT2D eigenvalue weighted by Crippen LogP contribution is 2.31. The first kappa shape index (κ1) is 16.7. The Labute approximate surface area is 135 Å². The third-order valence-corrected chi connectivity index (χ3v) is 3.32. The zero-order valence-corrected chi connectivity index (χ0v) is 13.4. The molecular formula is C16H20N2O5. The summed E-state index contributed by atoms with van der Waals surface area (Å²) in [4.78, 5) is 18.5. The predicted octanol–water partition coefficient (Wildman–Crippen LogP) is 2.47. The Hall–Kier alpha value is -2.70. The number of nitrogens with zero attached hydrogens (tertiary/aromatic N) is 2. The van der Waals surface area contributed by atoms with Gasteiger partial charge in [0.2, 0.25) is 0 Å². The number of hydrogen-bond acceptors (Lipinski definition) is 6. The summed E-state index contributed by atoms with van der Waals surface area (Å²) in [5.41, 5.74) is 0.905. The van der Waals surface area contributed by atoms with Gasteiger partial charge in [0.25, 0.3) is 0 Å². The van der Waals surface area contributed by atoms with Crippen molar-refractivity contribution in [2.45, 2.75) is 6.42 Å². The quantitative estimate of drug-likeness (QED) is 0.616. The van der Waals surface area contributed by atoms with E-state index in [2.05, 4.69) is 9.99 Å². The predicted molar refractivity (Wildman–Crippen MR) is 85.3 cm³/mol. The molecule has 0 saturated heterocycles.